The summed E-state index contributed by atoms with van der Waals surface area (Å²) in [4.78, 5) is 21.8. The van der Waals surface area contributed by atoms with E-state index < -0.39 is 0 Å². The Bertz CT molecular complexity index is 883. The SMILES string of the molecule is Cc1nn(CC(C)C(=O)N2CCCN(Cc3ncc(C(C)(C)C)o3)CC2)c(C)c1Br. The molecule has 7 nitrogen and oxygen atoms in total. The van der Waals surface area contributed by atoms with Crippen molar-refractivity contribution in [1.82, 2.24) is 24.6 Å². The van der Waals surface area contributed by atoms with E-state index in [9.17, 15) is 4.79 Å². The Morgan fingerprint density at radius 3 is 2.57 bits per heavy atom. The van der Waals surface area contributed by atoms with Crippen LogP contribution in [0.3, 0.4) is 0 Å². The van der Waals surface area contributed by atoms with Crippen molar-refractivity contribution in [2.24, 2.45) is 5.92 Å². The first-order chi connectivity index (χ1) is 14.1. The fraction of sp³-hybridized carbons (Fsp3) is 0.682. The molecule has 3 rings (SSSR count). The van der Waals surface area contributed by atoms with E-state index in [0.29, 0.717) is 13.1 Å². The molecule has 3 heterocycles. The number of oxazole rings is 1. The van der Waals surface area contributed by atoms with Gasteiger partial charge in [0.1, 0.15) is 5.76 Å². The second kappa shape index (κ2) is 9.22. The van der Waals surface area contributed by atoms with E-state index in [1.54, 1.807) is 0 Å². The van der Waals surface area contributed by atoms with E-state index in [1.165, 1.54) is 0 Å². The van der Waals surface area contributed by atoms with Crippen LogP contribution >= 0.6 is 15.9 Å². The number of nitrogens with zero attached hydrogens (tertiary/aromatic N) is 5. The third kappa shape index (κ3) is 5.32. The highest BCUT2D eigenvalue weighted by molar-refractivity contribution is 9.10. The highest BCUT2D eigenvalue weighted by atomic mass is 79.9. The van der Waals surface area contributed by atoms with E-state index in [2.05, 4.69) is 51.7 Å². The quantitative estimate of drug-likeness (QED) is 0.649. The number of carbonyl (C=O) groups is 1. The molecule has 2 aromatic heterocycles. The molecule has 0 aromatic carbocycles. The van der Waals surface area contributed by atoms with Crippen LogP contribution in [0.15, 0.2) is 15.1 Å². The number of amides is 1. The maximum atomic E-state index is 13.1. The van der Waals surface area contributed by atoms with Gasteiger partial charge in [-0.05, 0) is 36.2 Å². The van der Waals surface area contributed by atoms with Gasteiger partial charge in [-0.1, -0.05) is 27.7 Å². The van der Waals surface area contributed by atoms with Gasteiger partial charge in [-0.25, -0.2) is 4.98 Å². The lowest BCUT2D eigenvalue weighted by Crippen LogP contribution is -2.39. The molecular formula is C22H34BrN5O2. The second-order valence-corrected chi connectivity index (χ2v) is 10.2. The summed E-state index contributed by atoms with van der Waals surface area (Å²) in [6.45, 7) is 17.0. The molecule has 30 heavy (non-hydrogen) atoms. The van der Waals surface area contributed by atoms with Crippen molar-refractivity contribution in [1.29, 1.82) is 0 Å². The number of halogens is 1. The predicted octanol–water partition coefficient (Wildman–Crippen LogP) is 3.92. The summed E-state index contributed by atoms with van der Waals surface area (Å²) >= 11 is 3.56. The van der Waals surface area contributed by atoms with Crippen molar-refractivity contribution in [3.8, 4) is 0 Å². The summed E-state index contributed by atoms with van der Waals surface area (Å²) in [5, 5.41) is 4.55. The Balaban J connectivity index is 1.55. The molecule has 1 aliphatic rings. The smallest absolute Gasteiger partial charge is 0.227 e. The first-order valence-electron chi connectivity index (χ1n) is 10.7. The number of aryl methyl sites for hydroxylation is 1. The highest BCUT2D eigenvalue weighted by Gasteiger charge is 2.26. The van der Waals surface area contributed by atoms with Gasteiger partial charge >= 0.3 is 0 Å². The first-order valence-corrected chi connectivity index (χ1v) is 11.5. The molecule has 1 saturated heterocycles. The highest BCUT2D eigenvalue weighted by Crippen LogP contribution is 2.24. The molecule has 0 bridgehead atoms. The van der Waals surface area contributed by atoms with Crippen LogP contribution in [0.5, 0.6) is 0 Å². The molecule has 2 aromatic rings. The minimum atomic E-state index is -0.109. The third-order valence-electron chi connectivity index (χ3n) is 5.71. The maximum Gasteiger partial charge on any atom is 0.227 e. The molecule has 0 saturated carbocycles. The van der Waals surface area contributed by atoms with E-state index in [-0.39, 0.29) is 17.2 Å². The number of rotatable bonds is 5. The van der Waals surface area contributed by atoms with Crippen molar-refractivity contribution >= 4 is 21.8 Å². The van der Waals surface area contributed by atoms with E-state index >= 15 is 0 Å². The molecule has 1 unspecified atom stereocenters. The third-order valence-corrected chi connectivity index (χ3v) is 6.86. The van der Waals surface area contributed by atoms with Gasteiger partial charge in [0.15, 0.2) is 0 Å². The number of hydrogen-bond donors (Lipinski definition) is 0. The number of carbonyl (C=O) groups excluding carboxylic acids is 1. The Hall–Kier alpha value is -1.67. The molecule has 8 heteroatoms. The average Bonchev–Trinajstić information content (AvgIpc) is 3.15. The fourth-order valence-corrected chi connectivity index (χ4v) is 4.06. The van der Waals surface area contributed by atoms with Crippen LogP contribution in [-0.4, -0.2) is 56.7 Å². The van der Waals surface area contributed by atoms with Crippen LogP contribution in [0.4, 0.5) is 0 Å². The number of aromatic nitrogens is 3. The van der Waals surface area contributed by atoms with Gasteiger partial charge in [0.2, 0.25) is 11.8 Å². The molecule has 166 valence electrons. The van der Waals surface area contributed by atoms with Crippen molar-refractivity contribution in [2.75, 3.05) is 26.2 Å². The van der Waals surface area contributed by atoms with Crippen LogP contribution < -0.4 is 0 Å². The van der Waals surface area contributed by atoms with Gasteiger partial charge in [-0.3, -0.25) is 14.4 Å². The van der Waals surface area contributed by atoms with Crippen molar-refractivity contribution in [3.05, 3.63) is 33.7 Å². The molecule has 1 amide bonds. The summed E-state index contributed by atoms with van der Waals surface area (Å²) in [6.07, 6.45) is 2.79. The number of hydrogen-bond acceptors (Lipinski definition) is 5. The van der Waals surface area contributed by atoms with Crippen LogP contribution in [0.1, 0.15) is 57.2 Å². The van der Waals surface area contributed by atoms with Crippen LogP contribution in [0, 0.1) is 19.8 Å². The second-order valence-electron chi connectivity index (χ2n) is 9.39. The Labute approximate surface area is 187 Å². The van der Waals surface area contributed by atoms with Crippen molar-refractivity contribution in [3.63, 3.8) is 0 Å². The molecule has 0 spiro atoms. The summed E-state index contributed by atoms with van der Waals surface area (Å²) in [5.41, 5.74) is 1.98. The standard InChI is InChI=1S/C22H34BrN5O2/c1-15(13-28-17(3)20(23)16(2)25-28)21(29)27-9-7-8-26(10-11-27)14-19-24-12-18(30-19)22(4,5)6/h12,15H,7-11,13-14H2,1-6H3. The van der Waals surface area contributed by atoms with Gasteiger partial charge < -0.3 is 9.32 Å². The van der Waals surface area contributed by atoms with Crippen LogP contribution in [0.2, 0.25) is 0 Å². The Morgan fingerprint density at radius 1 is 1.23 bits per heavy atom. The summed E-state index contributed by atoms with van der Waals surface area (Å²) in [6, 6.07) is 0. The molecule has 1 aliphatic heterocycles. The monoisotopic (exact) mass is 479 g/mol. The largest absolute Gasteiger partial charge is 0.444 e. The van der Waals surface area contributed by atoms with Crippen LogP contribution in [-0.2, 0) is 23.3 Å². The normalized spacial score (nSPS) is 17.2. The van der Waals surface area contributed by atoms with Gasteiger partial charge in [0.05, 0.1) is 35.4 Å². The molecule has 0 aliphatic carbocycles. The van der Waals surface area contributed by atoms with Gasteiger partial charge in [-0.15, -0.1) is 0 Å². The maximum absolute atomic E-state index is 13.1. The molecular weight excluding hydrogens is 446 g/mol. The van der Waals surface area contributed by atoms with Crippen LogP contribution in [0.25, 0.3) is 0 Å². The van der Waals surface area contributed by atoms with E-state index in [1.807, 2.05) is 36.5 Å². The lowest BCUT2D eigenvalue weighted by Gasteiger charge is -2.25. The topological polar surface area (TPSA) is 67.4 Å². The summed E-state index contributed by atoms with van der Waals surface area (Å²) in [7, 11) is 0. The zero-order chi connectivity index (χ0) is 22.1. The van der Waals surface area contributed by atoms with Crippen molar-refractivity contribution < 1.29 is 9.21 Å². The zero-order valence-corrected chi connectivity index (χ0v) is 20.6. The fourth-order valence-electron chi connectivity index (χ4n) is 3.77. The zero-order valence-electron chi connectivity index (χ0n) is 19.0. The predicted molar refractivity (Wildman–Crippen MR) is 120 cm³/mol. The minimum absolute atomic E-state index is 0.0373. The Morgan fingerprint density at radius 2 is 1.97 bits per heavy atom. The van der Waals surface area contributed by atoms with E-state index in [0.717, 1.165) is 60.1 Å². The Kier molecular flexibility index (Phi) is 7.07. The summed E-state index contributed by atoms with van der Waals surface area (Å²) < 4.78 is 8.90. The molecule has 0 radical (unpaired) electrons. The lowest BCUT2D eigenvalue weighted by molar-refractivity contribution is -0.135. The van der Waals surface area contributed by atoms with E-state index in [4.69, 9.17) is 4.42 Å². The minimum Gasteiger partial charge on any atom is -0.444 e. The summed E-state index contributed by atoms with van der Waals surface area (Å²) in [5.74, 6) is 1.76. The van der Waals surface area contributed by atoms with Gasteiger partial charge in [-0.2, -0.15) is 5.10 Å². The first kappa shape index (κ1) is 23.0. The average molecular weight is 480 g/mol. The molecule has 0 N–H and O–H groups in total. The molecule has 1 atom stereocenters. The van der Waals surface area contributed by atoms with Gasteiger partial charge in [0, 0.05) is 37.3 Å². The molecule has 1 fully saturated rings. The van der Waals surface area contributed by atoms with Crippen molar-refractivity contribution in [2.45, 2.75) is 66.5 Å². The van der Waals surface area contributed by atoms with Gasteiger partial charge in [0.25, 0.3) is 0 Å². The lowest BCUT2D eigenvalue weighted by atomic mass is 9.94.